The number of nitrogens with two attached hydrogens (primary N) is 1. The van der Waals surface area contributed by atoms with Gasteiger partial charge in [-0.1, -0.05) is 12.1 Å². The topological polar surface area (TPSA) is 96.2 Å². The van der Waals surface area contributed by atoms with Crippen LogP contribution in [0.15, 0.2) is 24.3 Å². The summed E-state index contributed by atoms with van der Waals surface area (Å²) >= 11 is 0. The van der Waals surface area contributed by atoms with Crippen molar-refractivity contribution in [2.75, 3.05) is 12.0 Å². The van der Waals surface area contributed by atoms with Gasteiger partial charge in [-0.15, -0.1) is 0 Å². The molecule has 0 aromatic heterocycles. The SMILES string of the molecule is NNc1ccccc1C(=O)NCCCC(=O)NC1CC1. The van der Waals surface area contributed by atoms with Crippen molar-refractivity contribution in [3.8, 4) is 0 Å². The third-order valence-electron chi connectivity index (χ3n) is 3.14. The average molecular weight is 276 g/mol. The number of carbonyl (C=O) groups is 2. The molecule has 0 radical (unpaired) electrons. The molecule has 0 aliphatic heterocycles. The minimum Gasteiger partial charge on any atom is -0.353 e. The highest BCUT2D eigenvalue weighted by Gasteiger charge is 2.22. The first kappa shape index (κ1) is 14.3. The van der Waals surface area contributed by atoms with E-state index < -0.39 is 0 Å². The van der Waals surface area contributed by atoms with Crippen molar-refractivity contribution < 1.29 is 9.59 Å². The maximum absolute atomic E-state index is 11.9. The Labute approximate surface area is 118 Å². The highest BCUT2D eigenvalue weighted by Crippen LogP contribution is 2.18. The molecule has 1 aliphatic carbocycles. The number of hydrogen-bond donors (Lipinski definition) is 4. The summed E-state index contributed by atoms with van der Waals surface area (Å²) in [5, 5.41) is 5.70. The lowest BCUT2D eigenvalue weighted by atomic mass is 10.1. The molecule has 0 spiro atoms. The lowest BCUT2D eigenvalue weighted by Crippen LogP contribution is -2.29. The summed E-state index contributed by atoms with van der Waals surface area (Å²) in [5.41, 5.74) is 3.57. The molecule has 6 heteroatoms. The van der Waals surface area contributed by atoms with Crippen molar-refractivity contribution >= 4 is 17.5 Å². The van der Waals surface area contributed by atoms with Crippen LogP contribution in [0.1, 0.15) is 36.0 Å². The number of nitrogens with one attached hydrogen (secondary N) is 3. The first-order valence-corrected chi connectivity index (χ1v) is 6.84. The van der Waals surface area contributed by atoms with E-state index >= 15 is 0 Å². The van der Waals surface area contributed by atoms with Gasteiger partial charge in [0.1, 0.15) is 0 Å². The summed E-state index contributed by atoms with van der Waals surface area (Å²) in [5.74, 6) is 5.22. The fourth-order valence-electron chi connectivity index (χ4n) is 1.88. The van der Waals surface area contributed by atoms with Gasteiger partial charge in [-0.05, 0) is 31.4 Å². The van der Waals surface area contributed by atoms with Gasteiger partial charge in [0.05, 0.1) is 11.3 Å². The molecule has 0 bridgehead atoms. The Morgan fingerprint density at radius 3 is 2.70 bits per heavy atom. The minimum atomic E-state index is -0.193. The molecule has 1 fully saturated rings. The quantitative estimate of drug-likeness (QED) is 0.336. The fourth-order valence-corrected chi connectivity index (χ4v) is 1.88. The van der Waals surface area contributed by atoms with Crippen molar-refractivity contribution in [2.45, 2.75) is 31.7 Å². The molecule has 1 aliphatic rings. The average Bonchev–Trinajstić information content (AvgIpc) is 3.27. The molecular formula is C14H20N4O2. The molecule has 6 nitrogen and oxygen atoms in total. The van der Waals surface area contributed by atoms with Gasteiger partial charge in [-0.2, -0.15) is 0 Å². The zero-order valence-electron chi connectivity index (χ0n) is 11.3. The summed E-state index contributed by atoms with van der Waals surface area (Å²) in [7, 11) is 0. The monoisotopic (exact) mass is 276 g/mol. The van der Waals surface area contributed by atoms with Crippen LogP contribution in [0.3, 0.4) is 0 Å². The van der Waals surface area contributed by atoms with Crippen molar-refractivity contribution in [3.05, 3.63) is 29.8 Å². The lowest BCUT2D eigenvalue weighted by Gasteiger charge is -2.09. The Morgan fingerprint density at radius 1 is 1.25 bits per heavy atom. The molecule has 108 valence electrons. The van der Waals surface area contributed by atoms with Gasteiger partial charge in [0, 0.05) is 19.0 Å². The molecule has 1 aromatic carbocycles. The molecule has 0 atom stereocenters. The van der Waals surface area contributed by atoms with Gasteiger partial charge < -0.3 is 16.1 Å². The smallest absolute Gasteiger partial charge is 0.253 e. The first-order valence-electron chi connectivity index (χ1n) is 6.84. The van der Waals surface area contributed by atoms with Crippen LogP contribution in [-0.2, 0) is 4.79 Å². The van der Waals surface area contributed by atoms with Gasteiger partial charge in [0.15, 0.2) is 0 Å². The fraction of sp³-hybridized carbons (Fsp3) is 0.429. The zero-order chi connectivity index (χ0) is 14.4. The number of hydrazine groups is 1. The number of para-hydroxylation sites is 1. The van der Waals surface area contributed by atoms with Crippen molar-refractivity contribution in [1.29, 1.82) is 0 Å². The Hall–Kier alpha value is -2.08. The van der Waals surface area contributed by atoms with E-state index in [0.29, 0.717) is 36.7 Å². The number of rotatable bonds is 7. The van der Waals surface area contributed by atoms with E-state index in [4.69, 9.17) is 5.84 Å². The molecule has 1 aromatic rings. The Morgan fingerprint density at radius 2 is 2.00 bits per heavy atom. The molecule has 2 rings (SSSR count). The predicted molar refractivity (Wildman–Crippen MR) is 77.0 cm³/mol. The van der Waals surface area contributed by atoms with Gasteiger partial charge in [0.25, 0.3) is 5.91 Å². The second-order valence-corrected chi connectivity index (χ2v) is 4.89. The van der Waals surface area contributed by atoms with Gasteiger partial charge in [0.2, 0.25) is 5.91 Å². The largest absolute Gasteiger partial charge is 0.353 e. The molecule has 5 N–H and O–H groups in total. The number of anilines is 1. The number of nitrogen functional groups attached to an aromatic ring is 1. The number of hydrogen-bond acceptors (Lipinski definition) is 4. The second kappa shape index (κ2) is 6.91. The standard InChI is InChI=1S/C14H20N4O2/c15-18-12-5-2-1-4-11(12)14(20)16-9-3-6-13(19)17-10-7-8-10/h1-2,4-5,10,18H,3,6-9,15H2,(H,16,20)(H,17,19). The maximum Gasteiger partial charge on any atom is 0.253 e. The molecule has 1 saturated carbocycles. The van der Waals surface area contributed by atoms with Crippen LogP contribution < -0.4 is 21.9 Å². The normalized spacial score (nSPS) is 13.7. The van der Waals surface area contributed by atoms with Crippen LogP contribution in [0.2, 0.25) is 0 Å². The number of benzene rings is 1. The predicted octanol–water partition coefficient (Wildman–Crippen LogP) is 0.761. The molecule has 2 amide bonds. The van der Waals surface area contributed by atoms with Crippen LogP contribution in [0.5, 0.6) is 0 Å². The third-order valence-corrected chi connectivity index (χ3v) is 3.14. The summed E-state index contributed by atoms with van der Waals surface area (Å²) < 4.78 is 0. The lowest BCUT2D eigenvalue weighted by molar-refractivity contribution is -0.121. The maximum atomic E-state index is 11.9. The first-order chi connectivity index (χ1) is 9.70. The summed E-state index contributed by atoms with van der Waals surface area (Å²) in [6.07, 6.45) is 3.24. The highest BCUT2D eigenvalue weighted by atomic mass is 16.2. The minimum absolute atomic E-state index is 0.0609. The van der Waals surface area contributed by atoms with Crippen LogP contribution >= 0.6 is 0 Å². The second-order valence-electron chi connectivity index (χ2n) is 4.89. The third kappa shape index (κ3) is 4.24. The molecule has 20 heavy (non-hydrogen) atoms. The van der Waals surface area contributed by atoms with E-state index in [1.807, 2.05) is 0 Å². The number of amides is 2. The van der Waals surface area contributed by atoms with Gasteiger partial charge in [-0.3, -0.25) is 15.4 Å². The number of carbonyl (C=O) groups excluding carboxylic acids is 2. The zero-order valence-corrected chi connectivity index (χ0v) is 11.3. The molecule has 0 saturated heterocycles. The molecular weight excluding hydrogens is 256 g/mol. The van der Waals surface area contributed by atoms with E-state index in [0.717, 1.165) is 12.8 Å². The Kier molecular flexibility index (Phi) is 4.95. The van der Waals surface area contributed by atoms with Crippen molar-refractivity contribution in [1.82, 2.24) is 10.6 Å². The summed E-state index contributed by atoms with van der Waals surface area (Å²) in [4.78, 5) is 23.4. The van der Waals surface area contributed by atoms with Crippen LogP contribution in [0.25, 0.3) is 0 Å². The van der Waals surface area contributed by atoms with E-state index in [-0.39, 0.29) is 11.8 Å². The van der Waals surface area contributed by atoms with Crippen LogP contribution in [-0.4, -0.2) is 24.4 Å². The van der Waals surface area contributed by atoms with E-state index in [9.17, 15) is 9.59 Å². The van der Waals surface area contributed by atoms with E-state index in [1.54, 1.807) is 24.3 Å². The van der Waals surface area contributed by atoms with Crippen molar-refractivity contribution in [3.63, 3.8) is 0 Å². The Bertz CT molecular complexity index is 486. The van der Waals surface area contributed by atoms with E-state index in [2.05, 4.69) is 16.1 Å². The van der Waals surface area contributed by atoms with Crippen molar-refractivity contribution in [2.24, 2.45) is 5.84 Å². The van der Waals surface area contributed by atoms with Crippen LogP contribution in [0.4, 0.5) is 5.69 Å². The Balaban J connectivity index is 1.70. The van der Waals surface area contributed by atoms with Gasteiger partial charge in [-0.25, -0.2) is 0 Å². The molecule has 0 unspecified atom stereocenters. The molecule has 0 heterocycles. The van der Waals surface area contributed by atoms with Crippen LogP contribution in [0, 0.1) is 0 Å². The summed E-state index contributed by atoms with van der Waals surface area (Å²) in [6.45, 7) is 0.468. The van der Waals surface area contributed by atoms with Gasteiger partial charge >= 0.3 is 0 Å². The highest BCUT2D eigenvalue weighted by molar-refractivity contribution is 5.99. The van der Waals surface area contributed by atoms with E-state index in [1.165, 1.54) is 0 Å². The summed E-state index contributed by atoms with van der Waals surface area (Å²) in [6, 6.07) is 7.40.